The number of carbonyl (C=O) groups is 1. The van der Waals surface area contributed by atoms with Gasteiger partial charge in [0.25, 0.3) is 0 Å². The highest BCUT2D eigenvalue weighted by molar-refractivity contribution is 5.93. The first kappa shape index (κ1) is 23.4. The minimum absolute atomic E-state index is 0. The SMILES string of the molecule is COc1cc2c(CC(=O)N(C)CCc3ccccn3)cnc(CN)c2cc1OC.Cl. The molecule has 0 aliphatic rings. The van der Waals surface area contributed by atoms with Crippen LogP contribution >= 0.6 is 12.4 Å². The van der Waals surface area contributed by atoms with Gasteiger partial charge in [-0.05, 0) is 35.2 Å². The molecule has 0 aliphatic heterocycles. The van der Waals surface area contributed by atoms with Gasteiger partial charge in [0, 0.05) is 50.0 Å². The van der Waals surface area contributed by atoms with Crippen molar-refractivity contribution in [3.63, 3.8) is 0 Å². The number of pyridine rings is 2. The number of nitrogens with two attached hydrogens (primary N) is 1. The summed E-state index contributed by atoms with van der Waals surface area (Å²) in [6.45, 7) is 0.892. The molecule has 0 fully saturated rings. The molecule has 7 nitrogen and oxygen atoms in total. The zero-order valence-corrected chi connectivity index (χ0v) is 18.2. The van der Waals surface area contributed by atoms with Gasteiger partial charge >= 0.3 is 0 Å². The quantitative estimate of drug-likeness (QED) is 0.591. The number of aromatic nitrogens is 2. The fraction of sp³-hybridized carbons (Fsp3) is 0.318. The molecule has 8 heteroatoms. The molecule has 0 saturated carbocycles. The van der Waals surface area contributed by atoms with Crippen LogP contribution in [0.4, 0.5) is 0 Å². The van der Waals surface area contributed by atoms with E-state index in [-0.39, 0.29) is 24.7 Å². The fourth-order valence-electron chi connectivity index (χ4n) is 3.23. The molecule has 0 bridgehead atoms. The molecule has 3 aromatic rings. The average Bonchev–Trinajstić information content (AvgIpc) is 2.77. The largest absolute Gasteiger partial charge is 0.493 e. The molecule has 0 radical (unpaired) electrons. The van der Waals surface area contributed by atoms with Crippen LogP contribution in [0.5, 0.6) is 11.5 Å². The standard InChI is InChI=1S/C22H26N4O3.ClH/c1-26(9-7-16-6-4-5-8-24-16)22(27)10-15-14-25-19(13-23)18-12-21(29-3)20(28-2)11-17(15)18;/h4-6,8,11-12,14H,7,9-10,13,23H2,1-3H3;1H. The Kier molecular flexibility index (Phi) is 8.38. The molecule has 1 aromatic carbocycles. The number of benzene rings is 1. The molecule has 0 aliphatic carbocycles. The van der Waals surface area contributed by atoms with E-state index in [0.29, 0.717) is 31.0 Å². The Morgan fingerprint density at radius 3 is 2.40 bits per heavy atom. The second-order valence-corrected chi connectivity index (χ2v) is 6.75. The minimum Gasteiger partial charge on any atom is -0.493 e. The number of carbonyl (C=O) groups excluding carboxylic acids is 1. The van der Waals surface area contributed by atoms with E-state index >= 15 is 0 Å². The van der Waals surface area contributed by atoms with Gasteiger partial charge in [-0.15, -0.1) is 12.4 Å². The van der Waals surface area contributed by atoms with Crippen LogP contribution in [0.25, 0.3) is 10.8 Å². The Hall–Kier alpha value is -2.90. The first-order valence-corrected chi connectivity index (χ1v) is 9.43. The van der Waals surface area contributed by atoms with E-state index < -0.39 is 0 Å². The molecule has 2 aromatic heterocycles. The lowest BCUT2D eigenvalue weighted by Gasteiger charge is -2.18. The highest BCUT2D eigenvalue weighted by atomic mass is 35.5. The summed E-state index contributed by atoms with van der Waals surface area (Å²) in [7, 11) is 4.98. The van der Waals surface area contributed by atoms with Crippen LogP contribution in [0.2, 0.25) is 0 Å². The van der Waals surface area contributed by atoms with E-state index in [1.165, 1.54) is 0 Å². The van der Waals surface area contributed by atoms with Crippen molar-refractivity contribution in [3.8, 4) is 11.5 Å². The number of nitrogens with zero attached hydrogens (tertiary/aromatic N) is 3. The van der Waals surface area contributed by atoms with Gasteiger partial charge in [0.15, 0.2) is 11.5 Å². The molecule has 1 amide bonds. The zero-order valence-electron chi connectivity index (χ0n) is 17.4. The van der Waals surface area contributed by atoms with Gasteiger partial charge in [-0.3, -0.25) is 14.8 Å². The van der Waals surface area contributed by atoms with Gasteiger partial charge in [0.2, 0.25) is 5.91 Å². The van der Waals surface area contributed by atoms with Crippen molar-refractivity contribution in [2.45, 2.75) is 19.4 Å². The first-order valence-electron chi connectivity index (χ1n) is 9.43. The summed E-state index contributed by atoms with van der Waals surface area (Å²) in [5.41, 5.74) is 8.40. The number of hydrogen-bond donors (Lipinski definition) is 1. The summed E-state index contributed by atoms with van der Waals surface area (Å²) in [5, 5.41) is 1.76. The summed E-state index contributed by atoms with van der Waals surface area (Å²) < 4.78 is 10.8. The molecule has 0 spiro atoms. The maximum Gasteiger partial charge on any atom is 0.226 e. The minimum atomic E-state index is 0. The molecule has 0 unspecified atom stereocenters. The molecule has 3 rings (SSSR count). The van der Waals surface area contributed by atoms with Crippen molar-refractivity contribution in [1.29, 1.82) is 0 Å². The Labute approximate surface area is 182 Å². The third-order valence-electron chi connectivity index (χ3n) is 4.95. The molecule has 0 saturated heterocycles. The van der Waals surface area contributed by atoms with Gasteiger partial charge in [0.05, 0.1) is 26.3 Å². The lowest BCUT2D eigenvalue weighted by molar-refractivity contribution is -0.129. The summed E-state index contributed by atoms with van der Waals surface area (Å²) >= 11 is 0. The van der Waals surface area contributed by atoms with Crippen LogP contribution in [-0.4, -0.2) is 48.6 Å². The van der Waals surface area contributed by atoms with E-state index in [2.05, 4.69) is 9.97 Å². The molecule has 2 N–H and O–H groups in total. The monoisotopic (exact) mass is 430 g/mol. The normalized spacial score (nSPS) is 10.4. The number of methoxy groups -OCH3 is 2. The number of halogens is 1. The Morgan fingerprint density at radius 1 is 1.10 bits per heavy atom. The smallest absolute Gasteiger partial charge is 0.226 e. The lowest BCUT2D eigenvalue weighted by atomic mass is 10.0. The van der Waals surface area contributed by atoms with Crippen LogP contribution in [0, 0.1) is 0 Å². The van der Waals surface area contributed by atoms with E-state index in [0.717, 1.165) is 27.7 Å². The predicted octanol–water partition coefficient (Wildman–Crippen LogP) is 2.77. The molecular formula is C22H27ClN4O3. The number of amides is 1. The topological polar surface area (TPSA) is 90.6 Å². The average molecular weight is 431 g/mol. The van der Waals surface area contributed by atoms with E-state index in [1.54, 1.807) is 38.6 Å². The molecule has 160 valence electrons. The van der Waals surface area contributed by atoms with Gasteiger partial charge < -0.3 is 20.1 Å². The summed E-state index contributed by atoms with van der Waals surface area (Å²) in [4.78, 5) is 23.3. The second-order valence-electron chi connectivity index (χ2n) is 6.75. The first-order chi connectivity index (χ1) is 14.1. The van der Waals surface area contributed by atoms with E-state index in [9.17, 15) is 4.79 Å². The van der Waals surface area contributed by atoms with Crippen LogP contribution < -0.4 is 15.2 Å². The molecule has 30 heavy (non-hydrogen) atoms. The second kappa shape index (κ2) is 10.8. The number of ether oxygens (including phenoxy) is 2. The fourth-order valence-corrected chi connectivity index (χ4v) is 3.23. The van der Waals surface area contributed by atoms with Crippen molar-refractivity contribution in [2.24, 2.45) is 5.73 Å². The Balaban J connectivity index is 0.00000320. The van der Waals surface area contributed by atoms with Crippen LogP contribution in [0.1, 0.15) is 17.0 Å². The Bertz CT molecular complexity index is 999. The van der Waals surface area contributed by atoms with E-state index in [1.807, 2.05) is 30.3 Å². The van der Waals surface area contributed by atoms with Crippen molar-refractivity contribution in [3.05, 3.63) is 59.7 Å². The number of fused-ring (bicyclic) bond motifs is 1. The van der Waals surface area contributed by atoms with Gasteiger partial charge in [-0.25, -0.2) is 0 Å². The van der Waals surface area contributed by atoms with Gasteiger partial charge in [-0.2, -0.15) is 0 Å². The highest BCUT2D eigenvalue weighted by Gasteiger charge is 2.16. The summed E-state index contributed by atoms with van der Waals surface area (Å²) in [6.07, 6.45) is 4.43. The number of hydrogen-bond acceptors (Lipinski definition) is 6. The third-order valence-corrected chi connectivity index (χ3v) is 4.95. The third kappa shape index (κ3) is 5.17. The Morgan fingerprint density at radius 2 is 1.80 bits per heavy atom. The zero-order chi connectivity index (χ0) is 20.8. The maximum absolute atomic E-state index is 12.8. The number of rotatable bonds is 8. The summed E-state index contributed by atoms with van der Waals surface area (Å²) in [5.74, 6) is 1.22. The van der Waals surface area contributed by atoms with E-state index in [4.69, 9.17) is 15.2 Å². The van der Waals surface area contributed by atoms with Crippen molar-refractivity contribution >= 4 is 29.1 Å². The molecular weight excluding hydrogens is 404 g/mol. The lowest BCUT2D eigenvalue weighted by Crippen LogP contribution is -2.30. The van der Waals surface area contributed by atoms with Crippen molar-refractivity contribution in [1.82, 2.24) is 14.9 Å². The summed E-state index contributed by atoms with van der Waals surface area (Å²) in [6, 6.07) is 9.53. The van der Waals surface area contributed by atoms with Crippen molar-refractivity contribution < 1.29 is 14.3 Å². The molecule has 0 atom stereocenters. The highest BCUT2D eigenvalue weighted by Crippen LogP contribution is 2.34. The van der Waals surface area contributed by atoms with Crippen LogP contribution in [-0.2, 0) is 24.2 Å². The van der Waals surface area contributed by atoms with Gasteiger partial charge in [-0.1, -0.05) is 6.07 Å². The van der Waals surface area contributed by atoms with Gasteiger partial charge in [0.1, 0.15) is 0 Å². The van der Waals surface area contributed by atoms with Crippen molar-refractivity contribution in [2.75, 3.05) is 27.8 Å². The molecule has 2 heterocycles. The maximum atomic E-state index is 12.8. The van der Waals surface area contributed by atoms with Crippen LogP contribution in [0.15, 0.2) is 42.7 Å². The van der Waals surface area contributed by atoms with Crippen LogP contribution in [0.3, 0.4) is 0 Å². The number of likely N-dealkylation sites (N-methyl/N-ethyl adjacent to an activating group) is 1. The predicted molar refractivity (Wildman–Crippen MR) is 119 cm³/mol.